The van der Waals surface area contributed by atoms with Crippen LogP contribution >= 0.6 is 0 Å². The summed E-state index contributed by atoms with van der Waals surface area (Å²) in [5.74, 6) is 0. The first-order valence-electron chi connectivity index (χ1n) is 7.33. The van der Waals surface area contributed by atoms with Gasteiger partial charge < -0.3 is 10.2 Å². The van der Waals surface area contributed by atoms with E-state index in [0.717, 1.165) is 27.3 Å². The lowest BCUT2D eigenvalue weighted by molar-refractivity contribution is 0.671. The third kappa shape index (κ3) is 1.44. The van der Waals surface area contributed by atoms with Gasteiger partial charge in [0.05, 0.1) is 5.69 Å². The molecule has 2 nitrogen and oxygen atoms in total. The minimum Gasteiger partial charge on any atom is -0.454 e. The third-order valence-corrected chi connectivity index (χ3v) is 4.36. The topological polar surface area (TPSA) is 39.2 Å². The van der Waals surface area contributed by atoms with Gasteiger partial charge in [-0.15, -0.1) is 0 Å². The standard InChI is InChI=1S/C20H13NO/c21-17-10-14-7-3-4-8-15(14)19-16-9-12-5-1-2-6-13(12)11-18(16)22-20(17)19/h1-11H,21H2. The Morgan fingerprint density at radius 1 is 0.682 bits per heavy atom. The molecule has 0 atom stereocenters. The Hall–Kier alpha value is -3.00. The molecule has 0 spiro atoms. The van der Waals surface area contributed by atoms with E-state index in [-0.39, 0.29) is 0 Å². The van der Waals surface area contributed by atoms with Crippen LogP contribution < -0.4 is 5.73 Å². The van der Waals surface area contributed by atoms with Crippen LogP contribution in [0.25, 0.3) is 43.5 Å². The minimum absolute atomic E-state index is 0.689. The smallest absolute Gasteiger partial charge is 0.158 e. The Kier molecular flexibility index (Phi) is 2.12. The minimum atomic E-state index is 0.689. The van der Waals surface area contributed by atoms with Crippen LogP contribution in [-0.4, -0.2) is 0 Å². The highest BCUT2D eigenvalue weighted by Crippen LogP contribution is 2.39. The third-order valence-electron chi connectivity index (χ3n) is 4.36. The normalized spacial score (nSPS) is 11.8. The van der Waals surface area contributed by atoms with Crippen molar-refractivity contribution in [2.45, 2.75) is 0 Å². The fraction of sp³-hybridized carbons (Fsp3) is 0. The van der Waals surface area contributed by atoms with E-state index in [1.807, 2.05) is 18.2 Å². The van der Waals surface area contributed by atoms with Gasteiger partial charge in [0.2, 0.25) is 0 Å². The van der Waals surface area contributed by atoms with E-state index < -0.39 is 0 Å². The molecule has 4 aromatic carbocycles. The highest BCUT2D eigenvalue weighted by atomic mass is 16.3. The predicted molar refractivity (Wildman–Crippen MR) is 93.1 cm³/mol. The second-order valence-corrected chi connectivity index (χ2v) is 5.69. The Morgan fingerprint density at radius 2 is 1.36 bits per heavy atom. The van der Waals surface area contributed by atoms with Gasteiger partial charge in [0.15, 0.2) is 5.58 Å². The Bertz CT molecular complexity index is 1180. The summed E-state index contributed by atoms with van der Waals surface area (Å²) in [6.45, 7) is 0. The molecule has 0 fully saturated rings. The van der Waals surface area contributed by atoms with Gasteiger partial charge >= 0.3 is 0 Å². The maximum Gasteiger partial charge on any atom is 0.158 e. The van der Waals surface area contributed by atoms with Gasteiger partial charge in [0.25, 0.3) is 0 Å². The van der Waals surface area contributed by atoms with E-state index in [4.69, 9.17) is 10.2 Å². The van der Waals surface area contributed by atoms with Crippen molar-refractivity contribution in [2.75, 3.05) is 5.73 Å². The van der Waals surface area contributed by atoms with Gasteiger partial charge in [0.1, 0.15) is 5.58 Å². The SMILES string of the molecule is Nc1cc2ccccc2c2c1oc1cc3ccccc3cc12. The van der Waals surface area contributed by atoms with Crippen LogP contribution in [0.1, 0.15) is 0 Å². The van der Waals surface area contributed by atoms with Crippen LogP contribution in [0, 0.1) is 0 Å². The average Bonchev–Trinajstić information content (AvgIpc) is 2.92. The summed E-state index contributed by atoms with van der Waals surface area (Å²) in [5, 5.41) is 6.94. The quantitative estimate of drug-likeness (QED) is 0.382. The summed E-state index contributed by atoms with van der Waals surface area (Å²) in [7, 11) is 0. The number of nitrogen functional groups attached to an aromatic ring is 1. The lowest BCUT2D eigenvalue weighted by Gasteiger charge is -2.02. The monoisotopic (exact) mass is 283 g/mol. The lowest BCUT2D eigenvalue weighted by Crippen LogP contribution is -1.85. The molecular formula is C20H13NO. The van der Waals surface area contributed by atoms with E-state index in [2.05, 4.69) is 48.5 Å². The summed E-state index contributed by atoms with van der Waals surface area (Å²) in [5.41, 5.74) is 8.57. The maximum atomic E-state index is 6.22. The van der Waals surface area contributed by atoms with Crippen LogP contribution in [0.15, 0.2) is 71.1 Å². The lowest BCUT2D eigenvalue weighted by atomic mass is 10.0. The van der Waals surface area contributed by atoms with Crippen molar-refractivity contribution in [3.05, 3.63) is 66.7 Å². The van der Waals surface area contributed by atoms with Crippen molar-refractivity contribution in [3.8, 4) is 0 Å². The van der Waals surface area contributed by atoms with E-state index >= 15 is 0 Å². The largest absolute Gasteiger partial charge is 0.454 e. The summed E-state index contributed by atoms with van der Waals surface area (Å²) in [4.78, 5) is 0. The van der Waals surface area contributed by atoms with Gasteiger partial charge in [-0.1, -0.05) is 48.5 Å². The molecule has 1 aromatic heterocycles. The van der Waals surface area contributed by atoms with Crippen LogP contribution in [0.4, 0.5) is 5.69 Å². The number of furan rings is 1. The zero-order chi connectivity index (χ0) is 14.7. The molecule has 2 N–H and O–H groups in total. The van der Waals surface area contributed by atoms with Gasteiger partial charge in [-0.05, 0) is 39.7 Å². The Morgan fingerprint density at radius 3 is 2.18 bits per heavy atom. The number of hydrogen-bond acceptors (Lipinski definition) is 2. The molecule has 104 valence electrons. The number of hydrogen-bond donors (Lipinski definition) is 1. The molecule has 0 aliphatic rings. The highest BCUT2D eigenvalue weighted by molar-refractivity contribution is 6.23. The number of rotatable bonds is 0. The molecule has 0 bridgehead atoms. The van der Waals surface area contributed by atoms with E-state index in [1.54, 1.807) is 0 Å². The van der Waals surface area contributed by atoms with Gasteiger partial charge in [-0.3, -0.25) is 0 Å². The van der Waals surface area contributed by atoms with Crippen molar-refractivity contribution < 1.29 is 4.42 Å². The first-order chi connectivity index (χ1) is 10.8. The zero-order valence-corrected chi connectivity index (χ0v) is 11.8. The van der Waals surface area contributed by atoms with Gasteiger partial charge in [-0.2, -0.15) is 0 Å². The summed E-state index contributed by atoms with van der Waals surface area (Å²) in [6.07, 6.45) is 0. The van der Waals surface area contributed by atoms with Crippen LogP contribution in [0.2, 0.25) is 0 Å². The number of nitrogens with two attached hydrogens (primary N) is 1. The summed E-state index contributed by atoms with van der Waals surface area (Å²) < 4.78 is 6.07. The molecule has 0 aliphatic heterocycles. The molecular weight excluding hydrogens is 270 g/mol. The molecule has 5 rings (SSSR count). The molecule has 2 heteroatoms. The van der Waals surface area contributed by atoms with Crippen molar-refractivity contribution in [1.29, 1.82) is 0 Å². The van der Waals surface area contributed by atoms with Gasteiger partial charge in [0, 0.05) is 10.8 Å². The van der Waals surface area contributed by atoms with Crippen molar-refractivity contribution in [2.24, 2.45) is 0 Å². The Labute approximate surface area is 126 Å². The summed E-state index contributed by atoms with van der Waals surface area (Å²) in [6, 6.07) is 22.9. The number of benzene rings is 4. The molecule has 0 radical (unpaired) electrons. The van der Waals surface area contributed by atoms with Crippen LogP contribution in [-0.2, 0) is 0 Å². The predicted octanol–water partition coefficient (Wildman–Crippen LogP) is 5.47. The van der Waals surface area contributed by atoms with Crippen molar-refractivity contribution >= 4 is 49.2 Å². The molecule has 1 heterocycles. The second-order valence-electron chi connectivity index (χ2n) is 5.69. The fourth-order valence-corrected chi connectivity index (χ4v) is 3.34. The van der Waals surface area contributed by atoms with E-state index in [9.17, 15) is 0 Å². The number of anilines is 1. The molecule has 5 aromatic rings. The summed E-state index contributed by atoms with van der Waals surface area (Å²) >= 11 is 0. The molecule has 22 heavy (non-hydrogen) atoms. The van der Waals surface area contributed by atoms with Crippen molar-refractivity contribution in [1.82, 2.24) is 0 Å². The maximum absolute atomic E-state index is 6.22. The van der Waals surface area contributed by atoms with E-state index in [0.29, 0.717) is 5.69 Å². The molecule has 0 aliphatic carbocycles. The average molecular weight is 283 g/mol. The fourth-order valence-electron chi connectivity index (χ4n) is 3.34. The first-order valence-corrected chi connectivity index (χ1v) is 7.33. The van der Waals surface area contributed by atoms with Gasteiger partial charge in [-0.25, -0.2) is 0 Å². The molecule has 0 saturated heterocycles. The van der Waals surface area contributed by atoms with Crippen LogP contribution in [0.3, 0.4) is 0 Å². The molecule has 0 amide bonds. The molecule has 0 saturated carbocycles. The molecule has 0 unspecified atom stereocenters. The van der Waals surface area contributed by atoms with Crippen molar-refractivity contribution in [3.63, 3.8) is 0 Å². The number of fused-ring (bicyclic) bond motifs is 6. The Balaban J connectivity index is 2.11. The second kappa shape index (κ2) is 4.01. The zero-order valence-electron chi connectivity index (χ0n) is 11.8. The highest BCUT2D eigenvalue weighted by Gasteiger charge is 2.14. The van der Waals surface area contributed by atoms with Crippen LogP contribution in [0.5, 0.6) is 0 Å². The first kappa shape index (κ1) is 11.6. The van der Waals surface area contributed by atoms with E-state index in [1.165, 1.54) is 16.2 Å².